The van der Waals surface area contributed by atoms with E-state index in [0.717, 1.165) is 12.1 Å². The molecule has 1 heterocycles. The second kappa shape index (κ2) is 7.81. The number of aryl methyl sites for hydroxylation is 1. The monoisotopic (exact) mass is 402 g/mol. The zero-order valence-corrected chi connectivity index (χ0v) is 16.1. The number of halogens is 1. The van der Waals surface area contributed by atoms with E-state index >= 15 is 0 Å². The van der Waals surface area contributed by atoms with Crippen molar-refractivity contribution < 1.29 is 17.6 Å². The van der Waals surface area contributed by atoms with Gasteiger partial charge in [-0.3, -0.25) is 14.2 Å². The highest BCUT2D eigenvalue weighted by atomic mass is 32.2. The van der Waals surface area contributed by atoms with Gasteiger partial charge < -0.3 is 5.32 Å². The average molecular weight is 402 g/mol. The third-order valence-electron chi connectivity index (χ3n) is 4.11. The number of rotatable bonds is 6. The topological polar surface area (TPSA) is 93.1 Å². The summed E-state index contributed by atoms with van der Waals surface area (Å²) in [5.74, 6) is -0.800. The van der Waals surface area contributed by atoms with Gasteiger partial charge in [0.25, 0.3) is 10.0 Å². The van der Waals surface area contributed by atoms with E-state index in [-0.39, 0.29) is 16.5 Å². The maximum absolute atomic E-state index is 13.2. The fourth-order valence-corrected chi connectivity index (χ4v) is 3.94. The molecule has 0 bridgehead atoms. The fourth-order valence-electron chi connectivity index (χ4n) is 2.66. The quantitative estimate of drug-likeness (QED) is 0.661. The van der Waals surface area contributed by atoms with Crippen molar-refractivity contribution in [3.63, 3.8) is 0 Å². The van der Waals surface area contributed by atoms with Crippen molar-refractivity contribution in [2.24, 2.45) is 0 Å². The minimum absolute atomic E-state index is 0.0179. The van der Waals surface area contributed by atoms with Gasteiger partial charge in [-0.2, -0.15) is 5.10 Å². The first-order valence-corrected chi connectivity index (χ1v) is 9.93. The highest BCUT2D eigenvalue weighted by Gasteiger charge is 2.18. The molecule has 0 fully saturated rings. The summed E-state index contributed by atoms with van der Waals surface area (Å²) in [6.45, 7) is 3.22. The largest absolute Gasteiger partial charge is 0.324 e. The van der Waals surface area contributed by atoms with Crippen LogP contribution in [0, 0.1) is 12.7 Å². The van der Waals surface area contributed by atoms with E-state index in [9.17, 15) is 17.6 Å². The number of hydrogen-bond donors (Lipinski definition) is 2. The van der Waals surface area contributed by atoms with Crippen molar-refractivity contribution in [2.45, 2.75) is 24.8 Å². The smallest absolute Gasteiger partial charge is 0.262 e. The van der Waals surface area contributed by atoms with Crippen LogP contribution in [0.25, 0.3) is 0 Å². The highest BCUT2D eigenvalue weighted by molar-refractivity contribution is 7.92. The van der Waals surface area contributed by atoms with Crippen LogP contribution in [0.5, 0.6) is 0 Å². The van der Waals surface area contributed by atoms with Crippen LogP contribution in [0.2, 0.25) is 0 Å². The Labute approximate surface area is 162 Å². The van der Waals surface area contributed by atoms with Crippen molar-refractivity contribution in [1.82, 2.24) is 9.78 Å². The zero-order chi connectivity index (χ0) is 20.3. The van der Waals surface area contributed by atoms with Crippen LogP contribution in [-0.4, -0.2) is 24.1 Å². The SMILES string of the molecule is Cc1cc(F)ccc1S(=O)(=O)Nc1cccc(NC(=O)C(C)n2cccn2)c1. The Balaban J connectivity index is 1.77. The van der Waals surface area contributed by atoms with Crippen LogP contribution in [0.3, 0.4) is 0 Å². The molecule has 2 N–H and O–H groups in total. The first-order valence-electron chi connectivity index (χ1n) is 8.45. The van der Waals surface area contributed by atoms with Crippen molar-refractivity contribution in [3.05, 3.63) is 72.3 Å². The predicted molar refractivity (Wildman–Crippen MR) is 104 cm³/mol. The molecule has 0 aliphatic rings. The second-order valence-corrected chi connectivity index (χ2v) is 7.90. The van der Waals surface area contributed by atoms with Gasteiger partial charge >= 0.3 is 0 Å². The molecule has 1 amide bonds. The molecule has 28 heavy (non-hydrogen) atoms. The Morgan fingerprint density at radius 2 is 1.89 bits per heavy atom. The van der Waals surface area contributed by atoms with Crippen LogP contribution >= 0.6 is 0 Å². The van der Waals surface area contributed by atoms with Crippen LogP contribution in [-0.2, 0) is 14.8 Å². The molecule has 0 saturated heterocycles. The van der Waals surface area contributed by atoms with E-state index in [4.69, 9.17) is 0 Å². The minimum Gasteiger partial charge on any atom is -0.324 e. The van der Waals surface area contributed by atoms with E-state index in [1.165, 1.54) is 23.7 Å². The van der Waals surface area contributed by atoms with E-state index in [2.05, 4.69) is 15.1 Å². The summed E-state index contributed by atoms with van der Waals surface area (Å²) < 4.78 is 42.4. The molecule has 1 aromatic heterocycles. The Bertz CT molecular complexity index is 1100. The Morgan fingerprint density at radius 3 is 2.57 bits per heavy atom. The first kappa shape index (κ1) is 19.6. The summed E-state index contributed by atoms with van der Waals surface area (Å²) in [6.07, 6.45) is 3.26. The van der Waals surface area contributed by atoms with E-state index in [1.807, 2.05) is 0 Å². The van der Waals surface area contributed by atoms with E-state index in [1.54, 1.807) is 43.6 Å². The molecule has 0 aliphatic carbocycles. The van der Waals surface area contributed by atoms with Gasteiger partial charge in [-0.1, -0.05) is 6.07 Å². The van der Waals surface area contributed by atoms with Gasteiger partial charge in [0.2, 0.25) is 5.91 Å². The Morgan fingerprint density at radius 1 is 1.14 bits per heavy atom. The van der Waals surface area contributed by atoms with Crippen molar-refractivity contribution in [2.75, 3.05) is 10.0 Å². The Kier molecular flexibility index (Phi) is 5.46. The van der Waals surface area contributed by atoms with Gasteiger partial charge in [0, 0.05) is 18.1 Å². The predicted octanol–water partition coefficient (Wildman–Crippen LogP) is 3.33. The summed E-state index contributed by atoms with van der Waals surface area (Å²) in [5, 5.41) is 6.76. The van der Waals surface area contributed by atoms with Crippen molar-refractivity contribution in [3.8, 4) is 0 Å². The summed E-state index contributed by atoms with van der Waals surface area (Å²) in [6, 6.07) is 11.0. The standard InChI is InChI=1S/C19H19FN4O3S/c1-13-11-15(20)7-8-18(13)28(26,27)23-17-6-3-5-16(12-17)22-19(25)14(2)24-10-4-9-21-24/h3-12,14,23H,1-2H3,(H,22,25). The number of sulfonamides is 1. The number of hydrogen-bond acceptors (Lipinski definition) is 4. The third kappa shape index (κ3) is 4.37. The number of aromatic nitrogens is 2. The van der Waals surface area contributed by atoms with Gasteiger partial charge in [0.15, 0.2) is 0 Å². The van der Waals surface area contributed by atoms with E-state index < -0.39 is 21.9 Å². The summed E-state index contributed by atoms with van der Waals surface area (Å²) >= 11 is 0. The molecular weight excluding hydrogens is 383 g/mol. The number of nitrogens with zero attached hydrogens (tertiary/aromatic N) is 2. The molecule has 0 radical (unpaired) electrons. The lowest BCUT2D eigenvalue weighted by atomic mass is 10.2. The highest BCUT2D eigenvalue weighted by Crippen LogP contribution is 2.22. The van der Waals surface area contributed by atoms with Crippen molar-refractivity contribution in [1.29, 1.82) is 0 Å². The minimum atomic E-state index is -3.90. The molecule has 0 saturated carbocycles. The van der Waals surface area contributed by atoms with Gasteiger partial charge in [-0.15, -0.1) is 0 Å². The maximum Gasteiger partial charge on any atom is 0.262 e. The summed E-state index contributed by atoms with van der Waals surface area (Å²) in [4.78, 5) is 12.3. The van der Waals surface area contributed by atoms with Crippen LogP contribution in [0.15, 0.2) is 65.8 Å². The lowest BCUT2D eigenvalue weighted by molar-refractivity contribution is -0.119. The first-order chi connectivity index (χ1) is 13.3. The number of carbonyl (C=O) groups is 1. The molecule has 7 nitrogen and oxygen atoms in total. The number of benzene rings is 2. The van der Waals surface area contributed by atoms with Crippen LogP contribution in [0.4, 0.5) is 15.8 Å². The summed E-state index contributed by atoms with van der Waals surface area (Å²) in [7, 11) is -3.90. The lowest BCUT2D eigenvalue weighted by Crippen LogP contribution is -2.24. The lowest BCUT2D eigenvalue weighted by Gasteiger charge is -2.14. The molecule has 3 rings (SSSR count). The number of anilines is 2. The third-order valence-corrected chi connectivity index (χ3v) is 5.65. The van der Waals surface area contributed by atoms with Crippen LogP contribution in [0.1, 0.15) is 18.5 Å². The normalized spacial score (nSPS) is 12.4. The molecule has 9 heteroatoms. The fraction of sp³-hybridized carbons (Fsp3) is 0.158. The molecule has 1 atom stereocenters. The van der Waals surface area contributed by atoms with Gasteiger partial charge in [0.05, 0.1) is 10.6 Å². The average Bonchev–Trinajstić information content (AvgIpc) is 3.15. The number of nitrogens with one attached hydrogen (secondary N) is 2. The molecular formula is C19H19FN4O3S. The molecule has 3 aromatic rings. The molecule has 146 valence electrons. The van der Waals surface area contributed by atoms with Gasteiger partial charge in [-0.25, -0.2) is 12.8 Å². The van der Waals surface area contributed by atoms with Crippen LogP contribution < -0.4 is 10.0 Å². The molecule has 0 aliphatic heterocycles. The number of amides is 1. The summed E-state index contributed by atoms with van der Waals surface area (Å²) in [5.41, 5.74) is 0.998. The molecule has 0 spiro atoms. The number of carbonyl (C=O) groups excluding carboxylic acids is 1. The van der Waals surface area contributed by atoms with E-state index in [0.29, 0.717) is 11.3 Å². The van der Waals surface area contributed by atoms with Gasteiger partial charge in [0.1, 0.15) is 11.9 Å². The van der Waals surface area contributed by atoms with Gasteiger partial charge in [-0.05, 0) is 61.9 Å². The zero-order valence-electron chi connectivity index (χ0n) is 15.3. The molecule has 2 aromatic carbocycles. The Hall–Kier alpha value is -3.20. The maximum atomic E-state index is 13.2. The molecule has 1 unspecified atom stereocenters. The van der Waals surface area contributed by atoms with Crippen molar-refractivity contribution >= 4 is 27.3 Å². The second-order valence-electron chi connectivity index (χ2n) is 6.25.